The average molecular weight is 485 g/mol. The van der Waals surface area contributed by atoms with Crippen molar-refractivity contribution in [1.82, 2.24) is 15.1 Å². The van der Waals surface area contributed by atoms with Crippen molar-refractivity contribution in [1.29, 1.82) is 0 Å². The number of amides is 1. The van der Waals surface area contributed by atoms with E-state index in [0.29, 0.717) is 23.0 Å². The molecule has 1 aromatic heterocycles. The highest BCUT2D eigenvalue weighted by Gasteiger charge is 2.30. The molecule has 0 saturated heterocycles. The zero-order chi connectivity index (χ0) is 25.2. The van der Waals surface area contributed by atoms with Crippen molar-refractivity contribution in [3.8, 4) is 11.5 Å². The summed E-state index contributed by atoms with van der Waals surface area (Å²) in [5, 5.41) is 7.82. The Bertz CT molecular complexity index is 1360. The molecule has 4 rings (SSSR count). The van der Waals surface area contributed by atoms with Gasteiger partial charge in [-0.2, -0.15) is 18.3 Å². The molecule has 1 heterocycles. The van der Waals surface area contributed by atoms with E-state index in [1.54, 1.807) is 12.3 Å². The molecular weight excluding hydrogens is 462 g/mol. The monoisotopic (exact) mass is 485 g/mol. The third-order valence-corrected chi connectivity index (χ3v) is 5.29. The van der Waals surface area contributed by atoms with Crippen LogP contribution < -0.4 is 10.1 Å². The van der Waals surface area contributed by atoms with Crippen LogP contribution in [-0.2, 0) is 19.3 Å². The number of rotatable bonds is 7. The first kappa shape index (κ1) is 24.3. The molecule has 0 atom stereocenters. The van der Waals surface area contributed by atoms with E-state index < -0.39 is 23.5 Å². The molecule has 4 aromatic rings. The predicted octanol–water partition coefficient (Wildman–Crippen LogP) is 6.57. The van der Waals surface area contributed by atoms with E-state index in [2.05, 4.69) is 24.3 Å². The summed E-state index contributed by atoms with van der Waals surface area (Å²) in [6, 6.07) is 13.4. The van der Waals surface area contributed by atoms with Crippen LogP contribution in [-0.4, -0.2) is 15.7 Å². The fourth-order valence-corrected chi connectivity index (χ4v) is 3.65. The van der Waals surface area contributed by atoms with E-state index >= 15 is 0 Å². The predicted molar refractivity (Wildman–Crippen MR) is 124 cm³/mol. The van der Waals surface area contributed by atoms with Crippen molar-refractivity contribution in [3.63, 3.8) is 0 Å². The van der Waals surface area contributed by atoms with Crippen molar-refractivity contribution in [2.75, 3.05) is 0 Å². The van der Waals surface area contributed by atoms with Crippen molar-refractivity contribution in [2.24, 2.45) is 5.92 Å². The second-order valence-electron chi connectivity index (χ2n) is 8.56. The highest BCUT2D eigenvalue weighted by atomic mass is 19.4. The summed E-state index contributed by atoms with van der Waals surface area (Å²) >= 11 is 0. The molecule has 1 N–H and O–H groups in total. The normalized spacial score (nSPS) is 11.7. The van der Waals surface area contributed by atoms with Crippen LogP contribution in [0, 0.1) is 11.7 Å². The number of benzene rings is 3. The molecule has 0 aliphatic rings. The number of hydrogen-bond acceptors (Lipinski definition) is 3. The second kappa shape index (κ2) is 9.77. The van der Waals surface area contributed by atoms with Gasteiger partial charge in [0.15, 0.2) is 0 Å². The Morgan fingerprint density at radius 2 is 1.89 bits per heavy atom. The number of carbonyl (C=O) groups is 1. The van der Waals surface area contributed by atoms with Crippen molar-refractivity contribution < 1.29 is 27.1 Å². The Morgan fingerprint density at radius 1 is 1.09 bits per heavy atom. The molecule has 3 aromatic carbocycles. The summed E-state index contributed by atoms with van der Waals surface area (Å²) in [4.78, 5) is 12.5. The van der Waals surface area contributed by atoms with Gasteiger partial charge in [0, 0.05) is 29.6 Å². The molecular formula is C26H23F4N3O2. The standard InChI is InChI=1S/C26H23F4N3O2/c1-16(2)15-33-23-8-7-22(12-18(23)14-32-33)35-24-9-6-21(27)11-19(24)13-31-25(34)17-4-3-5-20(10-17)26(28,29)30/h3-12,14,16H,13,15H2,1-2H3,(H,31,34). The zero-order valence-corrected chi connectivity index (χ0v) is 19.1. The molecule has 0 fully saturated rings. The van der Waals surface area contributed by atoms with Crippen LogP contribution in [0.25, 0.3) is 10.9 Å². The molecule has 0 bridgehead atoms. The lowest BCUT2D eigenvalue weighted by Crippen LogP contribution is -2.23. The van der Waals surface area contributed by atoms with Gasteiger partial charge in [0.2, 0.25) is 0 Å². The molecule has 182 valence electrons. The third-order valence-electron chi connectivity index (χ3n) is 5.29. The van der Waals surface area contributed by atoms with Gasteiger partial charge in [0.1, 0.15) is 17.3 Å². The highest BCUT2D eigenvalue weighted by molar-refractivity contribution is 5.94. The van der Waals surface area contributed by atoms with Gasteiger partial charge in [-0.1, -0.05) is 19.9 Å². The summed E-state index contributed by atoms with van der Waals surface area (Å²) in [7, 11) is 0. The van der Waals surface area contributed by atoms with Crippen LogP contribution >= 0.6 is 0 Å². The second-order valence-corrected chi connectivity index (χ2v) is 8.56. The Labute approximate surface area is 199 Å². The van der Waals surface area contributed by atoms with Gasteiger partial charge in [0.25, 0.3) is 5.91 Å². The maximum Gasteiger partial charge on any atom is 0.416 e. The van der Waals surface area contributed by atoms with Gasteiger partial charge in [-0.25, -0.2) is 4.39 Å². The maximum atomic E-state index is 13.9. The molecule has 0 unspecified atom stereocenters. The van der Waals surface area contributed by atoms with Crippen LogP contribution in [0.3, 0.4) is 0 Å². The first-order valence-electron chi connectivity index (χ1n) is 11.0. The molecule has 1 amide bonds. The first-order valence-corrected chi connectivity index (χ1v) is 11.0. The Kier molecular flexibility index (Phi) is 6.77. The van der Waals surface area contributed by atoms with Crippen LogP contribution in [0.5, 0.6) is 11.5 Å². The molecule has 0 spiro atoms. The molecule has 0 radical (unpaired) electrons. The lowest BCUT2D eigenvalue weighted by molar-refractivity contribution is -0.137. The van der Waals surface area contributed by atoms with Crippen molar-refractivity contribution in [2.45, 2.75) is 33.1 Å². The molecule has 5 nitrogen and oxygen atoms in total. The van der Waals surface area contributed by atoms with E-state index in [9.17, 15) is 22.4 Å². The van der Waals surface area contributed by atoms with E-state index in [1.807, 2.05) is 16.8 Å². The number of ether oxygens (including phenoxy) is 1. The molecule has 0 aliphatic heterocycles. The lowest BCUT2D eigenvalue weighted by Gasteiger charge is -2.13. The number of carbonyl (C=O) groups excluding carboxylic acids is 1. The summed E-state index contributed by atoms with van der Waals surface area (Å²) in [5.41, 5.74) is 0.217. The van der Waals surface area contributed by atoms with E-state index in [4.69, 9.17) is 4.74 Å². The van der Waals surface area contributed by atoms with Gasteiger partial charge in [0.05, 0.1) is 17.3 Å². The van der Waals surface area contributed by atoms with Crippen molar-refractivity contribution in [3.05, 3.63) is 89.4 Å². The number of hydrogen-bond donors (Lipinski definition) is 1. The summed E-state index contributed by atoms with van der Waals surface area (Å²) in [6.45, 7) is 4.84. The minimum Gasteiger partial charge on any atom is -0.457 e. The Hall–Kier alpha value is -3.88. The molecule has 35 heavy (non-hydrogen) atoms. The van der Waals surface area contributed by atoms with Crippen LogP contribution in [0.1, 0.15) is 35.3 Å². The number of nitrogens with zero attached hydrogens (tertiary/aromatic N) is 2. The number of nitrogens with one attached hydrogen (secondary N) is 1. The Morgan fingerprint density at radius 3 is 2.63 bits per heavy atom. The van der Waals surface area contributed by atoms with Gasteiger partial charge >= 0.3 is 6.18 Å². The number of fused-ring (bicyclic) bond motifs is 1. The number of aromatic nitrogens is 2. The van der Waals surface area contributed by atoms with Crippen LogP contribution in [0.4, 0.5) is 17.6 Å². The fraction of sp³-hybridized carbons (Fsp3) is 0.231. The summed E-state index contributed by atoms with van der Waals surface area (Å²) < 4.78 is 60.6. The van der Waals surface area contributed by atoms with Crippen molar-refractivity contribution >= 4 is 16.8 Å². The molecule has 0 saturated carbocycles. The number of alkyl halides is 3. The molecule has 9 heteroatoms. The lowest BCUT2D eigenvalue weighted by atomic mass is 10.1. The average Bonchev–Trinajstić information content (AvgIpc) is 3.19. The third kappa shape index (κ3) is 5.79. The van der Waals surface area contributed by atoms with Crippen LogP contribution in [0.15, 0.2) is 66.9 Å². The first-order chi connectivity index (χ1) is 16.6. The van der Waals surface area contributed by atoms with Crippen LogP contribution in [0.2, 0.25) is 0 Å². The Balaban J connectivity index is 1.51. The van der Waals surface area contributed by atoms with Gasteiger partial charge in [-0.3, -0.25) is 9.48 Å². The van der Waals surface area contributed by atoms with Gasteiger partial charge in [-0.05, 0) is 60.5 Å². The zero-order valence-electron chi connectivity index (χ0n) is 19.1. The topological polar surface area (TPSA) is 56.1 Å². The van der Waals surface area contributed by atoms with Gasteiger partial charge < -0.3 is 10.1 Å². The quantitative estimate of drug-likeness (QED) is 0.301. The smallest absolute Gasteiger partial charge is 0.416 e. The SMILES string of the molecule is CC(C)Cn1ncc2cc(Oc3ccc(F)cc3CNC(=O)c3cccc(C(F)(F)F)c3)ccc21. The van der Waals surface area contributed by atoms with E-state index in [0.717, 1.165) is 35.6 Å². The van der Waals surface area contributed by atoms with Gasteiger partial charge in [-0.15, -0.1) is 0 Å². The fourth-order valence-electron chi connectivity index (χ4n) is 3.65. The minimum absolute atomic E-state index is 0.142. The summed E-state index contributed by atoms with van der Waals surface area (Å²) in [5.74, 6) is -0.0124. The molecule has 0 aliphatic carbocycles. The highest BCUT2D eigenvalue weighted by Crippen LogP contribution is 2.31. The maximum absolute atomic E-state index is 13.9. The minimum atomic E-state index is -4.56. The summed E-state index contributed by atoms with van der Waals surface area (Å²) in [6.07, 6.45) is -2.82. The van der Waals surface area contributed by atoms with E-state index in [1.165, 1.54) is 24.3 Å². The number of halogens is 4. The van der Waals surface area contributed by atoms with E-state index in [-0.39, 0.29) is 12.1 Å². The largest absolute Gasteiger partial charge is 0.457 e.